The first-order valence-electron chi connectivity index (χ1n) is 5.26. The van der Waals surface area contributed by atoms with Crippen molar-refractivity contribution in [3.8, 4) is 0 Å². The van der Waals surface area contributed by atoms with E-state index in [2.05, 4.69) is 21.2 Å². The number of hydrogen-bond acceptors (Lipinski definition) is 2. The molecule has 4 heteroatoms. The van der Waals surface area contributed by atoms with Crippen LogP contribution in [0, 0.1) is 0 Å². The highest BCUT2D eigenvalue weighted by molar-refractivity contribution is 9.09. The minimum Gasteiger partial charge on any atom is -0.321 e. The van der Waals surface area contributed by atoms with Gasteiger partial charge in [-0.2, -0.15) is 0 Å². The third-order valence-electron chi connectivity index (χ3n) is 2.38. The monoisotopic (exact) mass is 309 g/mol. The number of amides is 1. The fourth-order valence-electron chi connectivity index (χ4n) is 1.55. The lowest BCUT2D eigenvalue weighted by Crippen LogP contribution is -2.11. The van der Waals surface area contributed by atoms with Crippen LogP contribution < -0.4 is 5.32 Å². The first-order valence-corrected chi connectivity index (χ1v) is 7.06. The first kappa shape index (κ1) is 12.3. The van der Waals surface area contributed by atoms with Gasteiger partial charge in [0.25, 0.3) is 5.91 Å². The fraction of sp³-hybridized carbons (Fsp3) is 0.154. The summed E-state index contributed by atoms with van der Waals surface area (Å²) in [6.45, 7) is 2.04. The number of para-hydroxylation sites is 1. The standard InChI is InChI=1S/C13H12BrNOS/c1-9(14)10-5-2-3-6-11(10)15-13(16)12-7-4-8-17-12/h2-9H,1H3,(H,15,16). The van der Waals surface area contributed by atoms with E-state index in [1.54, 1.807) is 0 Å². The largest absolute Gasteiger partial charge is 0.321 e. The van der Waals surface area contributed by atoms with Gasteiger partial charge in [-0.3, -0.25) is 4.79 Å². The molecule has 1 atom stereocenters. The number of thiophene rings is 1. The summed E-state index contributed by atoms with van der Waals surface area (Å²) in [7, 11) is 0. The summed E-state index contributed by atoms with van der Waals surface area (Å²) in [5.74, 6) is -0.0550. The molecule has 0 radical (unpaired) electrons. The van der Waals surface area contributed by atoms with Crippen LogP contribution in [0.25, 0.3) is 0 Å². The van der Waals surface area contributed by atoms with Crippen molar-refractivity contribution in [3.63, 3.8) is 0 Å². The molecule has 0 spiro atoms. The van der Waals surface area contributed by atoms with Crippen LogP contribution >= 0.6 is 27.3 Å². The molecule has 0 aliphatic heterocycles. The fourth-order valence-corrected chi connectivity index (χ4v) is 2.57. The van der Waals surface area contributed by atoms with Crippen LogP contribution in [0.5, 0.6) is 0 Å². The zero-order valence-electron chi connectivity index (χ0n) is 9.31. The van der Waals surface area contributed by atoms with E-state index in [1.807, 2.05) is 48.7 Å². The lowest BCUT2D eigenvalue weighted by Gasteiger charge is -2.11. The van der Waals surface area contributed by atoms with Gasteiger partial charge in [0.1, 0.15) is 0 Å². The van der Waals surface area contributed by atoms with Gasteiger partial charge < -0.3 is 5.32 Å². The highest BCUT2D eigenvalue weighted by Gasteiger charge is 2.11. The van der Waals surface area contributed by atoms with E-state index in [4.69, 9.17) is 0 Å². The highest BCUT2D eigenvalue weighted by Crippen LogP contribution is 2.29. The van der Waals surface area contributed by atoms with Crippen LogP contribution in [0.4, 0.5) is 5.69 Å². The zero-order valence-corrected chi connectivity index (χ0v) is 11.7. The van der Waals surface area contributed by atoms with Gasteiger partial charge in [0.2, 0.25) is 0 Å². The maximum absolute atomic E-state index is 11.9. The third-order valence-corrected chi connectivity index (χ3v) is 3.74. The number of carbonyl (C=O) groups is 1. The van der Waals surface area contributed by atoms with Gasteiger partial charge >= 0.3 is 0 Å². The molecule has 0 saturated heterocycles. The number of alkyl halides is 1. The molecule has 2 rings (SSSR count). The molecular formula is C13H12BrNOS. The molecule has 88 valence electrons. The van der Waals surface area contributed by atoms with Crippen LogP contribution in [0.15, 0.2) is 41.8 Å². The Bertz CT molecular complexity index is 508. The Balaban J connectivity index is 2.22. The van der Waals surface area contributed by atoms with E-state index in [9.17, 15) is 4.79 Å². The zero-order chi connectivity index (χ0) is 12.3. The van der Waals surface area contributed by atoms with Gasteiger partial charge in [-0.15, -0.1) is 11.3 Å². The number of rotatable bonds is 3. The molecule has 2 nitrogen and oxygen atoms in total. The smallest absolute Gasteiger partial charge is 0.265 e. The topological polar surface area (TPSA) is 29.1 Å². The second-order valence-corrected chi connectivity index (χ2v) is 5.96. The van der Waals surface area contributed by atoms with Gasteiger partial charge in [0, 0.05) is 10.5 Å². The summed E-state index contributed by atoms with van der Waals surface area (Å²) >= 11 is 4.96. The van der Waals surface area contributed by atoms with Crippen molar-refractivity contribution in [1.82, 2.24) is 0 Å². The van der Waals surface area contributed by atoms with Crippen molar-refractivity contribution in [2.24, 2.45) is 0 Å². The predicted molar refractivity (Wildman–Crippen MR) is 76.1 cm³/mol. The van der Waals surface area contributed by atoms with Gasteiger partial charge in [-0.25, -0.2) is 0 Å². The Morgan fingerprint density at radius 3 is 2.71 bits per heavy atom. The summed E-state index contributed by atoms with van der Waals surface area (Å²) in [4.78, 5) is 12.9. The van der Waals surface area contributed by atoms with E-state index in [-0.39, 0.29) is 10.7 Å². The number of halogens is 1. The Hall–Kier alpha value is -1.13. The van der Waals surface area contributed by atoms with Gasteiger partial charge in [-0.1, -0.05) is 40.2 Å². The molecule has 2 aromatic rings. The Morgan fingerprint density at radius 1 is 1.29 bits per heavy atom. The molecule has 0 aliphatic carbocycles. The van der Waals surface area contributed by atoms with E-state index < -0.39 is 0 Å². The number of benzene rings is 1. The molecule has 1 aromatic carbocycles. The second-order valence-electron chi connectivity index (χ2n) is 3.63. The maximum atomic E-state index is 11.9. The number of hydrogen-bond donors (Lipinski definition) is 1. The molecular weight excluding hydrogens is 298 g/mol. The molecule has 1 amide bonds. The Labute approximate surface area is 113 Å². The molecule has 1 aromatic heterocycles. The summed E-state index contributed by atoms with van der Waals surface area (Å²) in [6.07, 6.45) is 0. The summed E-state index contributed by atoms with van der Waals surface area (Å²) in [5, 5.41) is 4.83. The Kier molecular flexibility index (Phi) is 3.97. The highest BCUT2D eigenvalue weighted by atomic mass is 79.9. The number of anilines is 1. The molecule has 0 bridgehead atoms. The Morgan fingerprint density at radius 2 is 2.06 bits per heavy atom. The van der Waals surface area contributed by atoms with Crippen molar-refractivity contribution < 1.29 is 4.79 Å². The van der Waals surface area contributed by atoms with E-state index in [0.29, 0.717) is 0 Å². The lowest BCUT2D eigenvalue weighted by molar-refractivity contribution is 0.103. The summed E-state index contributed by atoms with van der Waals surface area (Å²) in [6, 6.07) is 11.5. The lowest BCUT2D eigenvalue weighted by atomic mass is 10.1. The average Bonchev–Trinajstić information content (AvgIpc) is 2.83. The van der Waals surface area contributed by atoms with E-state index in [1.165, 1.54) is 11.3 Å². The molecule has 0 saturated carbocycles. The second kappa shape index (κ2) is 5.47. The molecule has 1 unspecified atom stereocenters. The molecule has 1 heterocycles. The maximum Gasteiger partial charge on any atom is 0.265 e. The van der Waals surface area contributed by atoms with E-state index in [0.717, 1.165) is 16.1 Å². The summed E-state index contributed by atoms with van der Waals surface area (Å²) < 4.78 is 0. The number of carbonyl (C=O) groups excluding carboxylic acids is 1. The van der Waals surface area contributed by atoms with Gasteiger partial charge in [0.15, 0.2) is 0 Å². The van der Waals surface area contributed by atoms with Crippen LogP contribution in [0.1, 0.15) is 27.0 Å². The number of nitrogens with one attached hydrogen (secondary N) is 1. The third kappa shape index (κ3) is 2.96. The first-order chi connectivity index (χ1) is 8.18. The quantitative estimate of drug-likeness (QED) is 0.833. The van der Waals surface area contributed by atoms with Crippen molar-refractivity contribution in [1.29, 1.82) is 0 Å². The molecule has 0 fully saturated rings. The van der Waals surface area contributed by atoms with Crippen LogP contribution in [-0.4, -0.2) is 5.91 Å². The van der Waals surface area contributed by atoms with Crippen molar-refractivity contribution in [2.45, 2.75) is 11.8 Å². The average molecular weight is 310 g/mol. The van der Waals surface area contributed by atoms with Crippen LogP contribution in [0.2, 0.25) is 0 Å². The van der Waals surface area contributed by atoms with Crippen molar-refractivity contribution >= 4 is 38.9 Å². The predicted octanol–water partition coefficient (Wildman–Crippen LogP) is 4.46. The van der Waals surface area contributed by atoms with E-state index >= 15 is 0 Å². The summed E-state index contributed by atoms with van der Waals surface area (Å²) in [5.41, 5.74) is 1.94. The van der Waals surface area contributed by atoms with Crippen LogP contribution in [0.3, 0.4) is 0 Å². The van der Waals surface area contributed by atoms with Gasteiger partial charge in [-0.05, 0) is 30.0 Å². The van der Waals surface area contributed by atoms with Crippen molar-refractivity contribution in [2.75, 3.05) is 5.32 Å². The molecule has 17 heavy (non-hydrogen) atoms. The van der Waals surface area contributed by atoms with Gasteiger partial charge in [0.05, 0.1) is 4.88 Å². The normalized spacial score (nSPS) is 12.1. The van der Waals surface area contributed by atoms with Crippen molar-refractivity contribution in [3.05, 3.63) is 52.2 Å². The minimum atomic E-state index is -0.0550. The molecule has 1 N–H and O–H groups in total. The minimum absolute atomic E-state index is 0.0550. The SMILES string of the molecule is CC(Br)c1ccccc1NC(=O)c1cccs1. The molecule has 0 aliphatic rings. The van der Waals surface area contributed by atoms with Crippen LogP contribution in [-0.2, 0) is 0 Å².